The molecule has 0 aliphatic carbocycles. The van der Waals surface area contributed by atoms with E-state index in [1.165, 1.54) is 0 Å². The fraction of sp³-hybridized carbons (Fsp3) is 0.588. The molecule has 2 unspecified atom stereocenters. The predicted molar refractivity (Wildman–Crippen MR) is 85.9 cm³/mol. The van der Waals surface area contributed by atoms with Gasteiger partial charge in [-0.15, -0.1) is 0 Å². The van der Waals surface area contributed by atoms with Crippen molar-refractivity contribution in [2.75, 3.05) is 31.6 Å². The van der Waals surface area contributed by atoms with Crippen LogP contribution in [-0.4, -0.2) is 49.3 Å². The van der Waals surface area contributed by atoms with Crippen LogP contribution >= 0.6 is 0 Å². The van der Waals surface area contributed by atoms with Crippen molar-refractivity contribution in [1.29, 1.82) is 0 Å². The van der Waals surface area contributed by atoms with Crippen molar-refractivity contribution in [3.63, 3.8) is 0 Å². The first-order valence-electron chi connectivity index (χ1n) is 8.36. The Morgan fingerprint density at radius 3 is 2.72 bits per heavy atom. The number of hydrogen-bond donors (Lipinski definition) is 1. The standard InChI is InChI=1S/C17H21F3N2O3/c1-11(22-6-2-3-12(10-22)17(18,19)20)16(23)21-13-4-5-14-15(9-13)25-8-7-24-14/h4-5,9,11-12H,2-3,6-8,10H2,1H3,(H,21,23). The lowest BCUT2D eigenvalue weighted by atomic mass is 9.96. The molecule has 3 rings (SSSR count). The third-order valence-electron chi connectivity index (χ3n) is 4.65. The average Bonchev–Trinajstić information content (AvgIpc) is 2.60. The van der Waals surface area contributed by atoms with E-state index >= 15 is 0 Å². The van der Waals surface area contributed by atoms with Crippen molar-refractivity contribution >= 4 is 11.6 Å². The van der Waals surface area contributed by atoms with Gasteiger partial charge in [-0.3, -0.25) is 9.69 Å². The summed E-state index contributed by atoms with van der Waals surface area (Å²) in [5, 5.41) is 2.75. The molecule has 1 aromatic carbocycles. The van der Waals surface area contributed by atoms with E-state index in [0.717, 1.165) is 0 Å². The summed E-state index contributed by atoms with van der Waals surface area (Å²) in [5.41, 5.74) is 0.533. The van der Waals surface area contributed by atoms with Crippen molar-refractivity contribution in [3.8, 4) is 11.5 Å². The first-order chi connectivity index (χ1) is 11.8. The summed E-state index contributed by atoms with van der Waals surface area (Å²) in [5.74, 6) is -0.543. The maximum Gasteiger partial charge on any atom is 0.393 e. The predicted octanol–water partition coefficient (Wildman–Crippen LogP) is 3.06. The van der Waals surface area contributed by atoms with Gasteiger partial charge in [0.25, 0.3) is 0 Å². The molecule has 2 atom stereocenters. The van der Waals surface area contributed by atoms with Crippen molar-refractivity contribution in [2.24, 2.45) is 5.92 Å². The quantitative estimate of drug-likeness (QED) is 0.902. The van der Waals surface area contributed by atoms with E-state index in [4.69, 9.17) is 9.47 Å². The minimum Gasteiger partial charge on any atom is -0.486 e. The second-order valence-corrected chi connectivity index (χ2v) is 6.40. The maximum atomic E-state index is 12.9. The Kier molecular flexibility index (Phi) is 5.08. The molecular formula is C17H21F3N2O3. The molecule has 8 heteroatoms. The Hall–Kier alpha value is -1.96. The van der Waals surface area contributed by atoms with Gasteiger partial charge in [0.05, 0.1) is 12.0 Å². The van der Waals surface area contributed by atoms with Crippen LogP contribution in [0, 0.1) is 5.92 Å². The molecule has 5 nitrogen and oxygen atoms in total. The molecule has 2 aliphatic heterocycles. The van der Waals surface area contributed by atoms with Crippen LogP contribution in [0.4, 0.5) is 18.9 Å². The minimum atomic E-state index is -4.22. The van der Waals surface area contributed by atoms with Gasteiger partial charge < -0.3 is 14.8 Å². The lowest BCUT2D eigenvalue weighted by molar-refractivity contribution is -0.188. The zero-order valence-electron chi connectivity index (χ0n) is 13.9. The van der Waals surface area contributed by atoms with Crippen LogP contribution in [0.2, 0.25) is 0 Å². The molecule has 0 aromatic heterocycles. The molecule has 2 heterocycles. The van der Waals surface area contributed by atoms with Crippen LogP contribution < -0.4 is 14.8 Å². The van der Waals surface area contributed by atoms with E-state index in [2.05, 4.69) is 5.32 Å². The fourth-order valence-electron chi connectivity index (χ4n) is 3.16. The van der Waals surface area contributed by atoms with E-state index in [1.54, 1.807) is 30.0 Å². The molecular weight excluding hydrogens is 337 g/mol. The Labute approximate surface area is 144 Å². The molecule has 1 saturated heterocycles. The molecule has 25 heavy (non-hydrogen) atoms. The van der Waals surface area contributed by atoms with Crippen molar-refractivity contribution in [3.05, 3.63) is 18.2 Å². The SMILES string of the molecule is CC(C(=O)Nc1ccc2c(c1)OCCO2)N1CCCC(C(F)(F)F)C1. The number of rotatable bonds is 3. The lowest BCUT2D eigenvalue weighted by Gasteiger charge is -2.36. The number of likely N-dealkylation sites (tertiary alicyclic amines) is 1. The summed E-state index contributed by atoms with van der Waals surface area (Å²) in [6, 6.07) is 4.41. The molecule has 0 saturated carbocycles. The molecule has 1 amide bonds. The molecule has 1 N–H and O–H groups in total. The number of nitrogens with zero attached hydrogens (tertiary/aromatic N) is 1. The van der Waals surface area contributed by atoms with E-state index in [9.17, 15) is 18.0 Å². The molecule has 0 radical (unpaired) electrons. The van der Waals surface area contributed by atoms with Crippen LogP contribution in [0.1, 0.15) is 19.8 Å². The van der Waals surface area contributed by atoms with Gasteiger partial charge in [0.15, 0.2) is 11.5 Å². The summed E-state index contributed by atoms with van der Waals surface area (Å²) in [4.78, 5) is 14.0. The number of ether oxygens (including phenoxy) is 2. The number of piperidine rings is 1. The second-order valence-electron chi connectivity index (χ2n) is 6.40. The normalized spacial score (nSPS) is 22.3. The van der Waals surface area contributed by atoms with Crippen molar-refractivity contribution in [1.82, 2.24) is 4.90 Å². The molecule has 2 aliphatic rings. The molecule has 0 bridgehead atoms. The number of anilines is 1. The number of nitrogens with one attached hydrogen (secondary N) is 1. The zero-order valence-corrected chi connectivity index (χ0v) is 13.9. The van der Waals surface area contributed by atoms with Crippen LogP contribution in [0.5, 0.6) is 11.5 Å². The molecule has 1 fully saturated rings. The minimum absolute atomic E-state index is 0.122. The number of alkyl halides is 3. The van der Waals surface area contributed by atoms with Gasteiger partial charge in [0.1, 0.15) is 13.2 Å². The number of amides is 1. The van der Waals surface area contributed by atoms with Gasteiger partial charge in [-0.05, 0) is 38.4 Å². The first-order valence-corrected chi connectivity index (χ1v) is 8.36. The Bertz CT molecular complexity index is 636. The maximum absolute atomic E-state index is 12.9. The van der Waals surface area contributed by atoms with Gasteiger partial charge in [0.2, 0.25) is 5.91 Å². The monoisotopic (exact) mass is 358 g/mol. The highest BCUT2D eigenvalue weighted by molar-refractivity contribution is 5.94. The fourth-order valence-corrected chi connectivity index (χ4v) is 3.16. The first kappa shape index (κ1) is 17.8. The lowest BCUT2D eigenvalue weighted by Crippen LogP contribution is -2.49. The van der Waals surface area contributed by atoms with Crippen LogP contribution in [0.15, 0.2) is 18.2 Å². The summed E-state index contributed by atoms with van der Waals surface area (Å²) in [6.07, 6.45) is -3.66. The van der Waals surface area contributed by atoms with Crippen LogP contribution in [0.25, 0.3) is 0 Å². The Balaban J connectivity index is 1.62. The summed E-state index contributed by atoms with van der Waals surface area (Å²) >= 11 is 0. The third kappa shape index (κ3) is 4.18. The Morgan fingerprint density at radius 1 is 1.28 bits per heavy atom. The largest absolute Gasteiger partial charge is 0.486 e. The number of carbonyl (C=O) groups excluding carboxylic acids is 1. The van der Waals surface area contributed by atoms with Gasteiger partial charge in [-0.2, -0.15) is 13.2 Å². The number of carbonyl (C=O) groups is 1. The number of fused-ring (bicyclic) bond motifs is 1. The highest BCUT2D eigenvalue weighted by Gasteiger charge is 2.43. The average molecular weight is 358 g/mol. The molecule has 0 spiro atoms. The van der Waals surface area contributed by atoms with E-state index in [1.807, 2.05) is 0 Å². The second kappa shape index (κ2) is 7.11. The summed E-state index contributed by atoms with van der Waals surface area (Å²) < 4.78 is 49.7. The van der Waals surface area contributed by atoms with Crippen molar-refractivity contribution < 1.29 is 27.4 Å². The van der Waals surface area contributed by atoms with Crippen LogP contribution in [-0.2, 0) is 4.79 Å². The topological polar surface area (TPSA) is 50.8 Å². The van der Waals surface area contributed by atoms with Crippen LogP contribution in [0.3, 0.4) is 0 Å². The van der Waals surface area contributed by atoms with E-state index in [-0.39, 0.29) is 18.9 Å². The zero-order chi connectivity index (χ0) is 18.0. The molecule has 138 valence electrons. The van der Waals surface area contributed by atoms with E-state index < -0.39 is 18.1 Å². The highest BCUT2D eigenvalue weighted by Crippen LogP contribution is 2.34. The highest BCUT2D eigenvalue weighted by atomic mass is 19.4. The van der Waals surface area contributed by atoms with Gasteiger partial charge in [-0.1, -0.05) is 0 Å². The smallest absolute Gasteiger partial charge is 0.393 e. The summed E-state index contributed by atoms with van der Waals surface area (Å²) in [6.45, 7) is 2.89. The van der Waals surface area contributed by atoms with Gasteiger partial charge in [0, 0.05) is 18.3 Å². The number of halogens is 3. The number of benzene rings is 1. The summed E-state index contributed by atoms with van der Waals surface area (Å²) in [7, 11) is 0. The Morgan fingerprint density at radius 2 is 2.00 bits per heavy atom. The van der Waals surface area contributed by atoms with E-state index in [0.29, 0.717) is 43.4 Å². The number of hydrogen-bond acceptors (Lipinski definition) is 4. The molecule has 1 aromatic rings. The van der Waals surface area contributed by atoms with Crippen molar-refractivity contribution in [2.45, 2.75) is 32.0 Å². The third-order valence-corrected chi connectivity index (χ3v) is 4.65. The van der Waals surface area contributed by atoms with Gasteiger partial charge >= 0.3 is 6.18 Å². The van der Waals surface area contributed by atoms with Gasteiger partial charge in [-0.25, -0.2) is 0 Å².